The molecule has 28 heavy (non-hydrogen) atoms. The first kappa shape index (κ1) is 19.9. The first-order chi connectivity index (χ1) is 13.4. The zero-order chi connectivity index (χ0) is 20.1. The summed E-state index contributed by atoms with van der Waals surface area (Å²) in [6.07, 6.45) is 0. The van der Waals surface area contributed by atoms with Gasteiger partial charge in [0.2, 0.25) is 0 Å². The van der Waals surface area contributed by atoms with Crippen LogP contribution in [0, 0.1) is 0 Å². The van der Waals surface area contributed by atoms with E-state index in [0.717, 1.165) is 4.31 Å². The summed E-state index contributed by atoms with van der Waals surface area (Å²) in [4.78, 5) is 13.2. The van der Waals surface area contributed by atoms with Crippen LogP contribution in [0.5, 0.6) is 5.75 Å². The van der Waals surface area contributed by atoms with Crippen LogP contribution in [-0.4, -0.2) is 20.9 Å². The standard InChI is InChI=1S/C21H18ClNO4S/c1-2-27-19-14-12-18(13-15-19)23(21(24)16-8-10-17(22)11-9-16)28(25,26)20-6-4-3-5-7-20/h3-15H,2H2,1H3. The predicted molar refractivity (Wildman–Crippen MR) is 110 cm³/mol. The molecule has 0 saturated carbocycles. The van der Waals surface area contributed by atoms with Crippen LogP contribution in [0.2, 0.25) is 5.02 Å². The lowest BCUT2D eigenvalue weighted by Crippen LogP contribution is -2.37. The third-order valence-electron chi connectivity index (χ3n) is 3.94. The Hall–Kier alpha value is -2.83. The smallest absolute Gasteiger partial charge is 0.272 e. The van der Waals surface area contributed by atoms with Crippen LogP contribution in [0.4, 0.5) is 5.69 Å². The molecule has 5 nitrogen and oxygen atoms in total. The van der Waals surface area contributed by atoms with E-state index in [4.69, 9.17) is 16.3 Å². The predicted octanol–water partition coefficient (Wildman–Crippen LogP) is 4.77. The van der Waals surface area contributed by atoms with Gasteiger partial charge in [-0.2, -0.15) is 4.31 Å². The van der Waals surface area contributed by atoms with Crippen LogP contribution >= 0.6 is 11.6 Å². The van der Waals surface area contributed by atoms with Crippen LogP contribution in [0.3, 0.4) is 0 Å². The van der Waals surface area contributed by atoms with E-state index < -0.39 is 15.9 Å². The van der Waals surface area contributed by atoms with E-state index in [1.165, 1.54) is 24.3 Å². The van der Waals surface area contributed by atoms with Crippen molar-refractivity contribution in [3.63, 3.8) is 0 Å². The number of carbonyl (C=O) groups is 1. The summed E-state index contributed by atoms with van der Waals surface area (Å²) in [6, 6.07) is 20.2. The molecule has 3 aromatic carbocycles. The van der Waals surface area contributed by atoms with E-state index in [9.17, 15) is 13.2 Å². The average molecular weight is 416 g/mol. The molecule has 0 unspecified atom stereocenters. The highest BCUT2D eigenvalue weighted by Crippen LogP contribution is 2.28. The zero-order valence-corrected chi connectivity index (χ0v) is 16.7. The summed E-state index contributed by atoms with van der Waals surface area (Å²) in [5.41, 5.74) is 0.421. The molecular formula is C21H18ClNO4S. The summed E-state index contributed by atoms with van der Waals surface area (Å²) in [5.74, 6) is -0.0908. The number of amides is 1. The maximum atomic E-state index is 13.3. The fourth-order valence-electron chi connectivity index (χ4n) is 2.62. The molecule has 0 atom stereocenters. The Kier molecular flexibility index (Phi) is 6.02. The van der Waals surface area contributed by atoms with Crippen LogP contribution in [0.1, 0.15) is 17.3 Å². The molecule has 0 aliphatic rings. The molecule has 0 bridgehead atoms. The largest absolute Gasteiger partial charge is 0.494 e. The number of sulfonamides is 1. The van der Waals surface area contributed by atoms with Gasteiger partial charge in [-0.15, -0.1) is 0 Å². The summed E-state index contributed by atoms with van der Waals surface area (Å²) < 4.78 is 32.7. The van der Waals surface area contributed by atoms with Gasteiger partial charge in [0.25, 0.3) is 15.9 Å². The lowest BCUT2D eigenvalue weighted by molar-refractivity contribution is 0.101. The first-order valence-electron chi connectivity index (χ1n) is 8.56. The number of carbonyl (C=O) groups excluding carboxylic acids is 1. The van der Waals surface area contributed by atoms with Crippen molar-refractivity contribution in [2.24, 2.45) is 0 Å². The van der Waals surface area contributed by atoms with Gasteiger partial charge in [0.1, 0.15) is 5.75 Å². The number of benzene rings is 3. The van der Waals surface area contributed by atoms with Crippen molar-refractivity contribution in [1.82, 2.24) is 0 Å². The molecule has 144 valence electrons. The SMILES string of the molecule is CCOc1ccc(N(C(=O)c2ccc(Cl)cc2)S(=O)(=O)c2ccccc2)cc1. The van der Waals surface area contributed by atoms with Crippen molar-refractivity contribution in [3.8, 4) is 5.75 Å². The van der Waals surface area contributed by atoms with E-state index >= 15 is 0 Å². The Morgan fingerprint density at radius 3 is 2.11 bits per heavy atom. The third kappa shape index (κ3) is 4.18. The van der Waals surface area contributed by atoms with Crippen molar-refractivity contribution in [2.45, 2.75) is 11.8 Å². The summed E-state index contributed by atoms with van der Waals surface area (Å²) in [6.45, 7) is 2.33. The molecule has 1 amide bonds. The second kappa shape index (κ2) is 8.46. The highest BCUT2D eigenvalue weighted by molar-refractivity contribution is 7.93. The second-order valence-corrected chi connectivity index (χ2v) is 8.04. The van der Waals surface area contributed by atoms with Crippen molar-refractivity contribution in [2.75, 3.05) is 10.9 Å². The van der Waals surface area contributed by atoms with Gasteiger partial charge in [-0.05, 0) is 67.6 Å². The molecule has 0 fully saturated rings. The summed E-state index contributed by atoms with van der Waals surface area (Å²) in [5, 5.41) is 0.454. The van der Waals surface area contributed by atoms with Crippen molar-refractivity contribution in [3.05, 3.63) is 89.4 Å². The molecular weight excluding hydrogens is 398 g/mol. The van der Waals surface area contributed by atoms with Gasteiger partial charge in [-0.25, -0.2) is 8.42 Å². The normalized spacial score (nSPS) is 11.1. The van der Waals surface area contributed by atoms with Crippen molar-refractivity contribution < 1.29 is 17.9 Å². The molecule has 0 aliphatic heterocycles. The topological polar surface area (TPSA) is 63.7 Å². The highest BCUT2D eigenvalue weighted by Gasteiger charge is 2.31. The van der Waals surface area contributed by atoms with Gasteiger partial charge in [-0.1, -0.05) is 29.8 Å². The minimum atomic E-state index is -4.13. The molecule has 0 N–H and O–H groups in total. The van der Waals surface area contributed by atoms with Gasteiger partial charge in [0, 0.05) is 10.6 Å². The van der Waals surface area contributed by atoms with Gasteiger partial charge < -0.3 is 4.74 Å². The van der Waals surface area contributed by atoms with Crippen LogP contribution in [0.15, 0.2) is 83.8 Å². The van der Waals surface area contributed by atoms with Crippen LogP contribution in [-0.2, 0) is 10.0 Å². The number of hydrogen-bond donors (Lipinski definition) is 0. The maximum absolute atomic E-state index is 13.3. The monoisotopic (exact) mass is 415 g/mol. The molecule has 3 rings (SSSR count). The van der Waals surface area contributed by atoms with E-state index in [0.29, 0.717) is 17.4 Å². The Morgan fingerprint density at radius 2 is 1.54 bits per heavy atom. The Labute approximate surface area is 169 Å². The van der Waals surface area contributed by atoms with Gasteiger partial charge in [0.15, 0.2) is 0 Å². The van der Waals surface area contributed by atoms with E-state index in [1.54, 1.807) is 54.6 Å². The number of ether oxygens (including phenoxy) is 1. The number of hydrogen-bond acceptors (Lipinski definition) is 4. The Balaban J connectivity index is 2.10. The molecule has 3 aromatic rings. The number of nitrogens with zero attached hydrogens (tertiary/aromatic N) is 1. The van der Waals surface area contributed by atoms with Gasteiger partial charge in [-0.3, -0.25) is 4.79 Å². The van der Waals surface area contributed by atoms with Crippen molar-refractivity contribution >= 4 is 33.2 Å². The fraction of sp³-hybridized carbons (Fsp3) is 0.0952. The number of halogens is 1. The zero-order valence-electron chi connectivity index (χ0n) is 15.1. The van der Waals surface area contributed by atoms with Gasteiger partial charge >= 0.3 is 0 Å². The highest BCUT2D eigenvalue weighted by atomic mass is 35.5. The Bertz CT molecular complexity index is 1050. The summed E-state index contributed by atoms with van der Waals surface area (Å²) in [7, 11) is -4.13. The minimum Gasteiger partial charge on any atom is -0.494 e. The second-order valence-electron chi connectivity index (χ2n) is 5.82. The fourth-order valence-corrected chi connectivity index (χ4v) is 4.18. The van der Waals surface area contributed by atoms with E-state index in [2.05, 4.69) is 0 Å². The summed E-state index contributed by atoms with van der Waals surface area (Å²) >= 11 is 5.89. The number of rotatable bonds is 6. The van der Waals surface area contributed by atoms with Gasteiger partial charge in [0.05, 0.1) is 17.2 Å². The molecule has 0 saturated heterocycles. The maximum Gasteiger partial charge on any atom is 0.272 e. The Morgan fingerprint density at radius 1 is 0.929 bits per heavy atom. The third-order valence-corrected chi connectivity index (χ3v) is 5.92. The lowest BCUT2D eigenvalue weighted by Gasteiger charge is -2.23. The molecule has 0 spiro atoms. The average Bonchev–Trinajstić information content (AvgIpc) is 2.70. The quantitative estimate of drug-likeness (QED) is 0.581. The molecule has 0 radical (unpaired) electrons. The van der Waals surface area contributed by atoms with Crippen molar-refractivity contribution in [1.29, 1.82) is 0 Å². The van der Waals surface area contributed by atoms with E-state index in [1.807, 2.05) is 6.92 Å². The number of anilines is 1. The molecule has 7 heteroatoms. The lowest BCUT2D eigenvalue weighted by atomic mass is 10.2. The van der Waals surface area contributed by atoms with Crippen LogP contribution in [0.25, 0.3) is 0 Å². The van der Waals surface area contributed by atoms with Crippen LogP contribution < -0.4 is 9.04 Å². The van der Waals surface area contributed by atoms with E-state index in [-0.39, 0.29) is 16.1 Å². The minimum absolute atomic E-state index is 0.0196. The first-order valence-corrected chi connectivity index (χ1v) is 10.4. The molecule has 0 aromatic heterocycles. The molecule has 0 aliphatic carbocycles. The molecule has 0 heterocycles.